The summed E-state index contributed by atoms with van der Waals surface area (Å²) in [5.74, 6) is 0. The summed E-state index contributed by atoms with van der Waals surface area (Å²) < 4.78 is 0. The molecule has 0 N–H and O–H groups in total. The first kappa shape index (κ1) is 16.2. The molecule has 0 aliphatic rings. The molecule has 0 heterocycles. The van der Waals surface area contributed by atoms with Gasteiger partial charge < -0.3 is 17.0 Å². The third-order valence-corrected chi connectivity index (χ3v) is 1.21. The molecule has 2 aromatic rings. The standard InChI is InChI=1S/2C6H5.BrH.Sb/c2*1-2-4-6-5-3-1;;/h2*1-5H;1H;/p-1. The molecule has 0 unspecified atom stereocenters. The van der Waals surface area contributed by atoms with Crippen LogP contribution in [-0.4, -0.2) is 24.4 Å². The van der Waals surface area contributed by atoms with Crippen molar-refractivity contribution in [2.45, 2.75) is 0 Å². The molecule has 0 aromatic heterocycles. The number of benzene rings is 2. The smallest absolute Gasteiger partial charge is 0 e. The van der Waals surface area contributed by atoms with E-state index in [4.69, 9.17) is 0 Å². The van der Waals surface area contributed by atoms with Crippen molar-refractivity contribution in [3.8, 4) is 0 Å². The van der Waals surface area contributed by atoms with Gasteiger partial charge in [0, 0.05) is 24.4 Å². The fraction of sp³-hybridized carbons (Fsp3) is 0. The maximum atomic E-state index is 2.89. The van der Waals surface area contributed by atoms with Gasteiger partial charge in [0.1, 0.15) is 0 Å². The van der Waals surface area contributed by atoms with Crippen molar-refractivity contribution >= 4 is 24.4 Å². The van der Waals surface area contributed by atoms with E-state index in [0.29, 0.717) is 0 Å². The van der Waals surface area contributed by atoms with Crippen LogP contribution >= 0.6 is 0 Å². The first-order valence-electron chi connectivity index (χ1n) is 3.82. The second-order valence-electron chi connectivity index (χ2n) is 2.15. The predicted octanol–water partition coefficient (Wildman–Crippen LogP) is -0.403. The Morgan fingerprint density at radius 3 is 0.857 bits per heavy atom. The van der Waals surface area contributed by atoms with Crippen LogP contribution in [0.1, 0.15) is 0 Å². The van der Waals surface area contributed by atoms with Crippen LogP contribution in [0.5, 0.6) is 0 Å². The van der Waals surface area contributed by atoms with Crippen LogP contribution in [0.2, 0.25) is 0 Å². The molecule has 0 spiro atoms. The quantitative estimate of drug-likeness (QED) is 0.564. The average molecular weight is 356 g/mol. The summed E-state index contributed by atoms with van der Waals surface area (Å²) in [5.41, 5.74) is 0. The molecule has 5 radical (unpaired) electrons. The van der Waals surface area contributed by atoms with Gasteiger partial charge in [0.2, 0.25) is 0 Å². The summed E-state index contributed by atoms with van der Waals surface area (Å²) in [7, 11) is 0. The molecule has 0 aliphatic carbocycles. The summed E-state index contributed by atoms with van der Waals surface area (Å²) in [6, 6.07) is 25.0. The van der Waals surface area contributed by atoms with Crippen LogP contribution in [0.4, 0.5) is 0 Å². The molecule has 0 atom stereocenters. The van der Waals surface area contributed by atoms with Gasteiger partial charge in [-0.05, 0) is 12.1 Å². The molecule has 0 fully saturated rings. The summed E-state index contributed by atoms with van der Waals surface area (Å²) in [6.45, 7) is 0. The molecule has 0 bridgehead atoms. The van der Waals surface area contributed by atoms with Gasteiger partial charge in [-0.15, -0.1) is 0 Å². The van der Waals surface area contributed by atoms with Gasteiger partial charge >= 0.3 is 0 Å². The zero-order chi connectivity index (χ0) is 8.49. The Labute approximate surface area is 114 Å². The maximum absolute atomic E-state index is 2.89. The van der Waals surface area contributed by atoms with Crippen molar-refractivity contribution in [1.82, 2.24) is 0 Å². The molecule has 0 nitrogen and oxygen atoms in total. The molecule has 0 amide bonds. The molecule has 0 saturated heterocycles. The molecular formula is C12H10BrSb-. The fourth-order valence-electron chi connectivity index (χ4n) is 0.684. The molecule has 2 heteroatoms. The second-order valence-corrected chi connectivity index (χ2v) is 2.15. The average Bonchev–Trinajstić information content (AvgIpc) is 2.24. The van der Waals surface area contributed by atoms with Gasteiger partial charge in [0.15, 0.2) is 0 Å². The monoisotopic (exact) mass is 354 g/mol. The van der Waals surface area contributed by atoms with Gasteiger partial charge in [-0.2, -0.15) is 0 Å². The van der Waals surface area contributed by atoms with Gasteiger partial charge in [0.05, 0.1) is 0 Å². The summed E-state index contributed by atoms with van der Waals surface area (Å²) in [6.07, 6.45) is 0. The van der Waals surface area contributed by atoms with E-state index in [1.165, 1.54) is 0 Å². The summed E-state index contributed by atoms with van der Waals surface area (Å²) in [4.78, 5) is 0. The number of halogens is 1. The van der Waals surface area contributed by atoms with Crippen molar-refractivity contribution in [3.63, 3.8) is 0 Å². The van der Waals surface area contributed by atoms with E-state index in [-0.39, 0.29) is 41.4 Å². The largest absolute Gasteiger partial charge is 1.00 e. The Morgan fingerprint density at radius 2 is 0.786 bits per heavy atom. The van der Waals surface area contributed by atoms with Gasteiger partial charge in [-0.25, -0.2) is 0 Å². The molecule has 0 aliphatic heterocycles. The zero-order valence-electron chi connectivity index (χ0n) is 7.60. The molecule has 0 saturated carbocycles. The summed E-state index contributed by atoms with van der Waals surface area (Å²) >= 11 is 0. The van der Waals surface area contributed by atoms with Crippen molar-refractivity contribution in [3.05, 3.63) is 72.8 Å². The van der Waals surface area contributed by atoms with Crippen LogP contribution in [0.25, 0.3) is 0 Å². The van der Waals surface area contributed by atoms with Gasteiger partial charge in [-0.3, -0.25) is 0 Å². The first-order chi connectivity index (χ1) is 6.00. The zero-order valence-corrected chi connectivity index (χ0v) is 11.7. The molecule has 2 aromatic carbocycles. The Kier molecular flexibility index (Phi) is 14.7. The minimum atomic E-state index is 0. The summed E-state index contributed by atoms with van der Waals surface area (Å²) in [5, 5.41) is 0. The van der Waals surface area contributed by atoms with Crippen molar-refractivity contribution in [1.29, 1.82) is 0 Å². The van der Waals surface area contributed by atoms with Crippen LogP contribution in [0.3, 0.4) is 0 Å². The topological polar surface area (TPSA) is 0 Å². The maximum Gasteiger partial charge on any atom is 0 e. The predicted molar refractivity (Wildman–Crippen MR) is 56.3 cm³/mol. The van der Waals surface area contributed by atoms with Crippen LogP contribution in [0.15, 0.2) is 60.7 Å². The van der Waals surface area contributed by atoms with Gasteiger partial charge in [0.25, 0.3) is 0 Å². The van der Waals surface area contributed by atoms with Crippen LogP contribution < -0.4 is 17.0 Å². The van der Waals surface area contributed by atoms with E-state index in [0.717, 1.165) is 0 Å². The van der Waals surface area contributed by atoms with Gasteiger partial charge in [-0.1, -0.05) is 60.7 Å². The Balaban J connectivity index is 0. The minimum Gasteiger partial charge on any atom is -1.00 e. The number of hydrogen-bond acceptors (Lipinski definition) is 0. The van der Waals surface area contributed by atoms with E-state index < -0.39 is 0 Å². The fourth-order valence-corrected chi connectivity index (χ4v) is 0.684. The normalized spacial score (nSPS) is 6.86. The third-order valence-electron chi connectivity index (χ3n) is 1.21. The number of rotatable bonds is 0. The van der Waals surface area contributed by atoms with E-state index in [9.17, 15) is 0 Å². The second kappa shape index (κ2) is 12.7. The van der Waals surface area contributed by atoms with E-state index in [1.54, 1.807) is 0 Å². The molecular weight excluding hydrogens is 346 g/mol. The van der Waals surface area contributed by atoms with Crippen LogP contribution in [-0.2, 0) is 0 Å². The van der Waals surface area contributed by atoms with Crippen molar-refractivity contribution in [2.24, 2.45) is 0 Å². The minimum absolute atomic E-state index is 0. The molecule has 71 valence electrons. The van der Waals surface area contributed by atoms with E-state index >= 15 is 0 Å². The van der Waals surface area contributed by atoms with Crippen molar-refractivity contribution < 1.29 is 17.0 Å². The Bertz CT molecular complexity index is 186. The van der Waals surface area contributed by atoms with E-state index in [1.807, 2.05) is 60.7 Å². The molecule has 14 heavy (non-hydrogen) atoms. The van der Waals surface area contributed by atoms with E-state index in [2.05, 4.69) is 12.1 Å². The number of hydrogen-bond donors (Lipinski definition) is 0. The first-order valence-corrected chi connectivity index (χ1v) is 3.82. The van der Waals surface area contributed by atoms with Crippen LogP contribution in [0, 0.1) is 12.1 Å². The van der Waals surface area contributed by atoms with Crippen molar-refractivity contribution in [2.75, 3.05) is 0 Å². The third kappa shape index (κ3) is 9.82. The Morgan fingerprint density at radius 1 is 0.500 bits per heavy atom. The SMILES string of the molecule is [Br-].[Sb].[c]1ccccc1.[c]1ccccc1. The Hall–Kier alpha value is -0.262. The molecule has 2 rings (SSSR count).